The van der Waals surface area contributed by atoms with Crippen LogP contribution in [0.1, 0.15) is 46.0 Å². The van der Waals surface area contributed by atoms with Crippen LogP contribution in [0.5, 0.6) is 5.75 Å². The molecule has 0 aliphatic rings. The number of carbonyl (C=O) groups excluding carboxylic acids is 1. The van der Waals surface area contributed by atoms with E-state index in [1.165, 1.54) is 6.07 Å². The number of amides is 1. The van der Waals surface area contributed by atoms with Crippen LogP contribution in [0.25, 0.3) is 10.9 Å². The Labute approximate surface area is 173 Å². The van der Waals surface area contributed by atoms with Gasteiger partial charge in [-0.05, 0) is 57.5 Å². The summed E-state index contributed by atoms with van der Waals surface area (Å²) in [6, 6.07) is 9.19. The molecule has 6 nitrogen and oxygen atoms in total. The third-order valence-corrected chi connectivity index (χ3v) is 4.97. The second-order valence-corrected chi connectivity index (χ2v) is 7.42. The molecule has 0 aliphatic heterocycles. The second-order valence-electron chi connectivity index (χ2n) is 7.42. The fourth-order valence-corrected chi connectivity index (χ4v) is 3.50. The lowest BCUT2D eigenvalue weighted by atomic mass is 10.2. The smallest absolute Gasteiger partial charge is 0.254 e. The van der Waals surface area contributed by atoms with E-state index in [0.29, 0.717) is 31.7 Å². The Kier molecular flexibility index (Phi) is 9.71. The first kappa shape index (κ1) is 22.9. The van der Waals surface area contributed by atoms with E-state index >= 15 is 0 Å². The first-order valence-electron chi connectivity index (χ1n) is 10.8. The van der Waals surface area contributed by atoms with E-state index in [2.05, 4.69) is 24.1 Å². The topological polar surface area (TPSA) is 63.6 Å². The van der Waals surface area contributed by atoms with Crippen molar-refractivity contribution in [2.45, 2.75) is 46.0 Å². The molecule has 2 rings (SSSR count). The van der Waals surface area contributed by atoms with Crippen LogP contribution in [0, 0.1) is 0 Å². The summed E-state index contributed by atoms with van der Waals surface area (Å²) in [7, 11) is 1.75. The number of hydrogen-bond donors (Lipinski definition) is 1. The largest absolute Gasteiger partial charge is 0.493 e. The molecule has 2 aromatic rings. The van der Waals surface area contributed by atoms with Crippen molar-refractivity contribution in [1.82, 2.24) is 14.8 Å². The van der Waals surface area contributed by atoms with Gasteiger partial charge in [0.1, 0.15) is 5.75 Å². The Balaban J connectivity index is 1.70. The molecular weight excluding hydrogens is 366 g/mol. The number of pyridine rings is 1. The predicted octanol–water partition coefficient (Wildman–Crippen LogP) is 3.33. The van der Waals surface area contributed by atoms with Crippen LogP contribution in [0.3, 0.4) is 0 Å². The Morgan fingerprint density at radius 3 is 2.55 bits per heavy atom. The number of para-hydroxylation sites is 1. The van der Waals surface area contributed by atoms with Crippen molar-refractivity contribution in [2.24, 2.45) is 7.05 Å². The number of hydrogen-bond acceptors (Lipinski definition) is 4. The molecule has 1 aromatic heterocycles. The molecule has 1 N–H and O–H groups in total. The summed E-state index contributed by atoms with van der Waals surface area (Å²) in [4.78, 5) is 26.6. The van der Waals surface area contributed by atoms with Crippen molar-refractivity contribution in [3.63, 3.8) is 0 Å². The average Bonchev–Trinajstić information content (AvgIpc) is 2.72. The van der Waals surface area contributed by atoms with Crippen LogP contribution in [-0.4, -0.2) is 48.2 Å². The van der Waals surface area contributed by atoms with Crippen LogP contribution in [-0.2, 0) is 11.8 Å². The lowest BCUT2D eigenvalue weighted by Gasteiger charge is -2.20. The summed E-state index contributed by atoms with van der Waals surface area (Å²) in [5.41, 5.74) is 0.740. The van der Waals surface area contributed by atoms with Gasteiger partial charge < -0.3 is 19.5 Å². The second kappa shape index (κ2) is 12.3. The van der Waals surface area contributed by atoms with Gasteiger partial charge in [0.25, 0.3) is 5.56 Å². The minimum atomic E-state index is -0.100. The first-order valence-corrected chi connectivity index (χ1v) is 10.8. The van der Waals surface area contributed by atoms with E-state index < -0.39 is 0 Å². The van der Waals surface area contributed by atoms with E-state index in [4.69, 9.17) is 4.74 Å². The van der Waals surface area contributed by atoms with Crippen molar-refractivity contribution in [2.75, 3.05) is 32.8 Å². The molecule has 1 aromatic carbocycles. The summed E-state index contributed by atoms with van der Waals surface area (Å²) in [5, 5.41) is 3.90. The predicted molar refractivity (Wildman–Crippen MR) is 119 cm³/mol. The molecule has 0 spiro atoms. The lowest BCUT2D eigenvalue weighted by Crippen LogP contribution is -2.31. The van der Waals surface area contributed by atoms with Gasteiger partial charge in [0.15, 0.2) is 0 Å². The van der Waals surface area contributed by atoms with E-state index in [0.717, 1.165) is 49.8 Å². The highest BCUT2D eigenvalue weighted by Crippen LogP contribution is 2.23. The Morgan fingerprint density at radius 2 is 1.83 bits per heavy atom. The van der Waals surface area contributed by atoms with Gasteiger partial charge in [-0.15, -0.1) is 0 Å². The number of benzene rings is 1. The quantitative estimate of drug-likeness (QED) is 0.523. The number of carbonyl (C=O) groups is 1. The number of nitrogens with zero attached hydrogens (tertiary/aromatic N) is 2. The van der Waals surface area contributed by atoms with Crippen LogP contribution in [0.2, 0.25) is 0 Å². The molecule has 0 fully saturated rings. The van der Waals surface area contributed by atoms with Crippen molar-refractivity contribution in [3.8, 4) is 5.75 Å². The van der Waals surface area contributed by atoms with E-state index in [-0.39, 0.29) is 11.5 Å². The highest BCUT2D eigenvalue weighted by atomic mass is 16.5. The van der Waals surface area contributed by atoms with Crippen molar-refractivity contribution in [3.05, 3.63) is 40.7 Å². The molecule has 0 aliphatic carbocycles. The maximum absolute atomic E-state index is 12.1. The molecule has 1 amide bonds. The van der Waals surface area contributed by atoms with E-state index in [1.807, 2.05) is 24.3 Å². The summed E-state index contributed by atoms with van der Waals surface area (Å²) < 4.78 is 7.43. The SMILES string of the molecule is CCCN(CCC)CCCNC(=O)CCCOc1cc(=O)n(C)c2ccccc12. The molecule has 6 heteroatoms. The van der Waals surface area contributed by atoms with E-state index in [1.54, 1.807) is 11.6 Å². The van der Waals surface area contributed by atoms with Crippen LogP contribution >= 0.6 is 0 Å². The average molecular weight is 402 g/mol. The van der Waals surface area contributed by atoms with Crippen LogP contribution in [0.4, 0.5) is 0 Å². The Morgan fingerprint density at radius 1 is 1.10 bits per heavy atom. The zero-order valence-corrected chi connectivity index (χ0v) is 18.1. The summed E-state index contributed by atoms with van der Waals surface area (Å²) in [5.74, 6) is 0.635. The molecule has 0 saturated carbocycles. The van der Waals surface area contributed by atoms with Crippen molar-refractivity contribution in [1.29, 1.82) is 0 Å². The molecule has 0 atom stereocenters. The van der Waals surface area contributed by atoms with Gasteiger partial charge >= 0.3 is 0 Å². The number of aryl methyl sites for hydroxylation is 1. The number of aromatic nitrogens is 1. The zero-order valence-electron chi connectivity index (χ0n) is 18.1. The molecule has 0 unspecified atom stereocenters. The number of nitrogens with one attached hydrogen (secondary N) is 1. The molecule has 1 heterocycles. The van der Waals surface area contributed by atoms with Crippen LogP contribution < -0.4 is 15.6 Å². The fourth-order valence-electron chi connectivity index (χ4n) is 3.50. The highest BCUT2D eigenvalue weighted by molar-refractivity contribution is 5.85. The third-order valence-electron chi connectivity index (χ3n) is 4.97. The van der Waals surface area contributed by atoms with E-state index in [9.17, 15) is 9.59 Å². The van der Waals surface area contributed by atoms with Gasteiger partial charge in [0.2, 0.25) is 5.91 Å². The minimum absolute atomic E-state index is 0.0555. The van der Waals surface area contributed by atoms with Gasteiger partial charge in [0, 0.05) is 31.5 Å². The maximum atomic E-state index is 12.1. The zero-order chi connectivity index (χ0) is 21.1. The highest BCUT2D eigenvalue weighted by Gasteiger charge is 2.08. The third kappa shape index (κ3) is 7.20. The minimum Gasteiger partial charge on any atom is -0.493 e. The Bertz CT molecular complexity index is 826. The molecule has 0 saturated heterocycles. The van der Waals surface area contributed by atoms with Gasteiger partial charge in [-0.2, -0.15) is 0 Å². The summed E-state index contributed by atoms with van der Waals surface area (Å²) >= 11 is 0. The standard InChI is InChI=1S/C23H35N3O3/c1-4-14-26(15-5-2)16-9-13-24-22(27)12-8-17-29-21-18-23(28)25(3)20-11-7-6-10-19(20)21/h6-7,10-11,18H,4-5,8-9,12-17H2,1-3H3,(H,24,27). The summed E-state index contributed by atoms with van der Waals surface area (Å²) in [6.45, 7) is 8.79. The molecular formula is C23H35N3O3. The van der Waals surface area contributed by atoms with Gasteiger partial charge in [-0.25, -0.2) is 0 Å². The van der Waals surface area contributed by atoms with Crippen molar-refractivity contribution >= 4 is 16.8 Å². The molecule has 29 heavy (non-hydrogen) atoms. The lowest BCUT2D eigenvalue weighted by molar-refractivity contribution is -0.121. The van der Waals surface area contributed by atoms with Gasteiger partial charge in [-0.1, -0.05) is 26.0 Å². The van der Waals surface area contributed by atoms with Gasteiger partial charge in [-0.3, -0.25) is 9.59 Å². The number of fused-ring (bicyclic) bond motifs is 1. The molecule has 160 valence electrons. The molecule has 0 radical (unpaired) electrons. The van der Waals surface area contributed by atoms with Crippen molar-refractivity contribution < 1.29 is 9.53 Å². The summed E-state index contributed by atoms with van der Waals surface area (Å²) in [6.07, 6.45) is 4.34. The first-order chi connectivity index (χ1) is 14.1. The number of ether oxygens (including phenoxy) is 1. The Hall–Kier alpha value is -2.34. The van der Waals surface area contributed by atoms with Crippen LogP contribution in [0.15, 0.2) is 35.1 Å². The van der Waals surface area contributed by atoms with Gasteiger partial charge in [0.05, 0.1) is 12.1 Å². The normalized spacial score (nSPS) is 11.2. The fraction of sp³-hybridized carbons (Fsp3) is 0.565. The molecule has 0 bridgehead atoms. The maximum Gasteiger partial charge on any atom is 0.254 e. The monoisotopic (exact) mass is 401 g/mol. The number of rotatable bonds is 13.